The number of benzene rings is 2. The molecule has 0 radical (unpaired) electrons. The van der Waals surface area contributed by atoms with Gasteiger partial charge in [-0.3, -0.25) is 10.1 Å². The van der Waals surface area contributed by atoms with Gasteiger partial charge in [-0.15, -0.1) is 0 Å². The summed E-state index contributed by atoms with van der Waals surface area (Å²) in [5.41, 5.74) is 1.37. The fraction of sp³-hybridized carbons (Fsp3) is 0.250. The molecule has 0 aliphatic carbocycles. The molecule has 0 heterocycles. The molecule has 0 aromatic heterocycles. The zero-order chi connectivity index (χ0) is 18.3. The Morgan fingerprint density at radius 2 is 1.80 bits per heavy atom. The second-order valence-electron chi connectivity index (χ2n) is 5.34. The summed E-state index contributed by atoms with van der Waals surface area (Å²) in [6, 6.07) is 13.4. The third kappa shape index (κ3) is 6.43. The number of non-ortho nitro benzene ring substituents is 1. The second-order valence-corrected chi connectivity index (χ2v) is 7.67. The van der Waals surface area contributed by atoms with Crippen molar-refractivity contribution in [3.63, 3.8) is 0 Å². The van der Waals surface area contributed by atoms with Gasteiger partial charge in [-0.1, -0.05) is 41.9 Å². The molecular weight excluding hydrogens is 366 g/mol. The van der Waals surface area contributed by atoms with E-state index < -0.39 is 14.9 Å². The van der Waals surface area contributed by atoms with Crippen LogP contribution in [0.1, 0.15) is 11.1 Å². The van der Waals surface area contributed by atoms with E-state index in [0.717, 1.165) is 5.56 Å². The van der Waals surface area contributed by atoms with Crippen LogP contribution in [-0.2, 0) is 23.1 Å². The Balaban J connectivity index is 1.80. The van der Waals surface area contributed by atoms with E-state index in [1.165, 1.54) is 18.2 Å². The van der Waals surface area contributed by atoms with E-state index in [0.29, 0.717) is 10.6 Å². The van der Waals surface area contributed by atoms with Crippen molar-refractivity contribution in [1.82, 2.24) is 10.0 Å². The van der Waals surface area contributed by atoms with E-state index in [2.05, 4.69) is 10.0 Å². The lowest BCUT2D eigenvalue weighted by atomic mass is 10.2. The molecule has 0 fully saturated rings. The van der Waals surface area contributed by atoms with Crippen molar-refractivity contribution in [3.8, 4) is 0 Å². The van der Waals surface area contributed by atoms with Gasteiger partial charge in [0.2, 0.25) is 10.0 Å². The van der Waals surface area contributed by atoms with Crippen LogP contribution in [0.25, 0.3) is 0 Å². The smallest absolute Gasteiger partial charge is 0.269 e. The molecule has 2 N–H and O–H groups in total. The van der Waals surface area contributed by atoms with Gasteiger partial charge in [0.25, 0.3) is 5.69 Å². The summed E-state index contributed by atoms with van der Waals surface area (Å²) in [7, 11) is -3.42. The van der Waals surface area contributed by atoms with Crippen LogP contribution in [0.2, 0.25) is 5.02 Å². The van der Waals surface area contributed by atoms with Crippen molar-refractivity contribution in [2.75, 3.05) is 12.3 Å². The number of sulfonamides is 1. The molecule has 25 heavy (non-hydrogen) atoms. The van der Waals surface area contributed by atoms with Crippen molar-refractivity contribution >= 4 is 27.3 Å². The zero-order valence-electron chi connectivity index (χ0n) is 13.3. The Labute approximate surface area is 151 Å². The van der Waals surface area contributed by atoms with Gasteiger partial charge in [0.1, 0.15) is 0 Å². The molecule has 0 saturated carbocycles. The first-order valence-electron chi connectivity index (χ1n) is 7.52. The summed E-state index contributed by atoms with van der Waals surface area (Å²) in [6.45, 7) is 0.678. The molecule has 0 spiro atoms. The van der Waals surface area contributed by atoms with Crippen LogP contribution in [0.4, 0.5) is 5.69 Å². The highest BCUT2D eigenvalue weighted by molar-refractivity contribution is 7.89. The van der Waals surface area contributed by atoms with Gasteiger partial charge < -0.3 is 5.32 Å². The lowest BCUT2D eigenvalue weighted by molar-refractivity contribution is -0.384. The van der Waals surface area contributed by atoms with Gasteiger partial charge in [0.05, 0.1) is 10.7 Å². The molecule has 0 unspecified atom stereocenters. The van der Waals surface area contributed by atoms with Crippen molar-refractivity contribution < 1.29 is 13.3 Å². The molecule has 0 bridgehead atoms. The number of nitrogens with zero attached hydrogens (tertiary/aromatic N) is 1. The second kappa shape index (κ2) is 8.91. The molecule has 0 saturated heterocycles. The fourth-order valence-electron chi connectivity index (χ4n) is 2.10. The lowest BCUT2D eigenvalue weighted by Crippen LogP contribution is -2.31. The van der Waals surface area contributed by atoms with Crippen LogP contribution in [0, 0.1) is 10.1 Å². The topological polar surface area (TPSA) is 101 Å². The minimum absolute atomic E-state index is 0.0571. The summed E-state index contributed by atoms with van der Waals surface area (Å²) in [4.78, 5) is 10.3. The van der Waals surface area contributed by atoms with E-state index in [1.807, 2.05) is 30.3 Å². The Hall–Kier alpha value is -2.00. The van der Waals surface area contributed by atoms with Gasteiger partial charge in [-0.2, -0.15) is 0 Å². The average molecular weight is 384 g/mol. The van der Waals surface area contributed by atoms with Crippen molar-refractivity contribution in [2.24, 2.45) is 0 Å². The summed E-state index contributed by atoms with van der Waals surface area (Å²) < 4.78 is 26.4. The summed E-state index contributed by atoms with van der Waals surface area (Å²) in [5.74, 6) is -0.105. The minimum atomic E-state index is -3.42. The lowest BCUT2D eigenvalue weighted by Gasteiger charge is -2.09. The number of nitrogens with one attached hydrogen (secondary N) is 2. The highest BCUT2D eigenvalue weighted by Crippen LogP contribution is 2.21. The number of rotatable bonds is 9. The number of hydrogen-bond donors (Lipinski definition) is 2. The first-order valence-corrected chi connectivity index (χ1v) is 9.55. The maximum atomic E-state index is 12.0. The first kappa shape index (κ1) is 19.3. The van der Waals surface area contributed by atoms with Crippen LogP contribution >= 0.6 is 11.6 Å². The Morgan fingerprint density at radius 3 is 2.48 bits per heavy atom. The molecule has 2 rings (SSSR count). The third-order valence-electron chi connectivity index (χ3n) is 3.44. The molecule has 134 valence electrons. The number of halogens is 1. The highest BCUT2D eigenvalue weighted by atomic mass is 35.5. The SMILES string of the molecule is O=[N+]([O-])c1ccc(Cl)c(CNCCS(=O)(=O)NCc2ccccc2)c1. The van der Waals surface area contributed by atoms with E-state index >= 15 is 0 Å². The molecular formula is C16H18ClN3O4S. The average Bonchev–Trinajstić information content (AvgIpc) is 2.59. The quantitative estimate of drug-likeness (QED) is 0.393. The Morgan fingerprint density at radius 1 is 1.08 bits per heavy atom. The molecule has 0 amide bonds. The number of hydrogen-bond acceptors (Lipinski definition) is 5. The van der Waals surface area contributed by atoms with E-state index in [1.54, 1.807) is 0 Å². The normalized spacial score (nSPS) is 11.4. The third-order valence-corrected chi connectivity index (χ3v) is 5.14. The maximum absolute atomic E-state index is 12.0. The maximum Gasteiger partial charge on any atom is 0.269 e. The number of nitro benzene ring substituents is 1. The van der Waals surface area contributed by atoms with Crippen LogP contribution in [0.5, 0.6) is 0 Å². The standard InChI is InChI=1S/C16H18ClN3O4S/c17-16-7-6-15(20(21)22)10-14(16)12-18-8-9-25(23,24)19-11-13-4-2-1-3-5-13/h1-7,10,18-19H,8-9,11-12H2. The summed E-state index contributed by atoms with van der Waals surface area (Å²) in [5, 5.41) is 14.1. The van der Waals surface area contributed by atoms with E-state index in [4.69, 9.17) is 11.6 Å². The fourth-order valence-corrected chi connectivity index (χ4v) is 3.23. The van der Waals surface area contributed by atoms with Crippen molar-refractivity contribution in [2.45, 2.75) is 13.1 Å². The molecule has 2 aromatic rings. The molecule has 0 atom stereocenters. The molecule has 0 aliphatic heterocycles. The Kier molecular flexibility index (Phi) is 6.89. The van der Waals surface area contributed by atoms with Crippen LogP contribution < -0.4 is 10.0 Å². The monoisotopic (exact) mass is 383 g/mol. The molecule has 9 heteroatoms. The minimum Gasteiger partial charge on any atom is -0.312 e. The highest BCUT2D eigenvalue weighted by Gasteiger charge is 2.11. The number of nitro groups is 1. The van der Waals surface area contributed by atoms with Crippen molar-refractivity contribution in [1.29, 1.82) is 0 Å². The largest absolute Gasteiger partial charge is 0.312 e. The van der Waals surface area contributed by atoms with Gasteiger partial charge in [-0.25, -0.2) is 13.1 Å². The summed E-state index contributed by atoms with van der Waals surface area (Å²) >= 11 is 5.99. The van der Waals surface area contributed by atoms with Crippen LogP contribution in [-0.4, -0.2) is 25.6 Å². The van der Waals surface area contributed by atoms with Crippen molar-refractivity contribution in [3.05, 3.63) is 74.8 Å². The van der Waals surface area contributed by atoms with Gasteiger partial charge >= 0.3 is 0 Å². The molecule has 2 aromatic carbocycles. The van der Waals surface area contributed by atoms with E-state index in [9.17, 15) is 18.5 Å². The molecule has 7 nitrogen and oxygen atoms in total. The summed E-state index contributed by atoms with van der Waals surface area (Å²) in [6.07, 6.45) is 0. The van der Waals surface area contributed by atoms with Crippen LogP contribution in [0.3, 0.4) is 0 Å². The molecule has 0 aliphatic rings. The van der Waals surface area contributed by atoms with Gasteiger partial charge in [0.15, 0.2) is 0 Å². The first-order chi connectivity index (χ1) is 11.9. The van der Waals surface area contributed by atoms with E-state index in [-0.39, 0.29) is 31.1 Å². The van der Waals surface area contributed by atoms with Crippen LogP contribution in [0.15, 0.2) is 48.5 Å². The predicted molar refractivity (Wildman–Crippen MR) is 96.9 cm³/mol. The van der Waals surface area contributed by atoms with Gasteiger partial charge in [-0.05, 0) is 17.2 Å². The Bertz CT molecular complexity index is 829. The predicted octanol–water partition coefficient (Wildman–Crippen LogP) is 2.46. The van der Waals surface area contributed by atoms with Gasteiger partial charge in [0, 0.05) is 36.8 Å². The zero-order valence-corrected chi connectivity index (χ0v) is 14.9.